The highest BCUT2D eigenvalue weighted by Crippen LogP contribution is 2.29. The van der Waals surface area contributed by atoms with Gasteiger partial charge in [-0.3, -0.25) is 13.8 Å². The van der Waals surface area contributed by atoms with Crippen LogP contribution in [0.1, 0.15) is 36.1 Å². The van der Waals surface area contributed by atoms with Crippen molar-refractivity contribution in [2.24, 2.45) is 5.11 Å². The summed E-state index contributed by atoms with van der Waals surface area (Å²) in [6.07, 6.45) is -5.92. The molecule has 2 unspecified atom stereocenters. The maximum Gasteiger partial charge on any atom is 0.416 e. The Morgan fingerprint density at radius 2 is 1.52 bits per heavy atom. The fraction of sp³-hybridized carbons (Fsp3) is 0.364. The van der Waals surface area contributed by atoms with Crippen LogP contribution in [-0.4, -0.2) is 64.3 Å². The fourth-order valence-electron chi connectivity index (χ4n) is 4.44. The van der Waals surface area contributed by atoms with E-state index in [1.54, 1.807) is 38.1 Å². The lowest BCUT2D eigenvalue weighted by Crippen LogP contribution is -2.47. The number of nitrogens with zero attached hydrogens (tertiary/aromatic N) is 3. The van der Waals surface area contributed by atoms with Gasteiger partial charge < -0.3 is 19.5 Å². The second-order valence-electron chi connectivity index (χ2n) is 10.9. The number of benzene rings is 3. The molecule has 3 aromatic carbocycles. The van der Waals surface area contributed by atoms with E-state index >= 15 is 0 Å². The van der Waals surface area contributed by atoms with Crippen molar-refractivity contribution in [1.29, 1.82) is 0 Å². The Bertz CT molecular complexity index is 1760. The van der Waals surface area contributed by atoms with Gasteiger partial charge in [0.25, 0.3) is 10.1 Å². The molecule has 1 amide bonds. The molecule has 3 aromatic rings. The highest BCUT2D eigenvalue weighted by Gasteiger charge is 2.31. The second kappa shape index (κ2) is 18.0. The standard InChI is InChI=1S/C33H35F3N4O9S/c1-4-46-32(43)30(18-23-7-11-25(12-8-23)33(34,35)36)38-31(42)29(39-40-37)17-24-9-13-26(14-10-24)47-19-27(49-22(3)41)20-48-50(44,45)28-15-5-21(2)6-16-28/h5-16,27,29-30H,4,17-20H2,1-3H3,(H,38,42)/t27?,29-,30?/m0/s1. The van der Waals surface area contributed by atoms with Crippen molar-refractivity contribution < 1.29 is 54.4 Å². The number of aryl methyl sites for hydroxylation is 1. The third-order valence-electron chi connectivity index (χ3n) is 6.94. The molecule has 13 nitrogen and oxygen atoms in total. The minimum atomic E-state index is -4.55. The molecule has 0 saturated heterocycles. The van der Waals surface area contributed by atoms with Gasteiger partial charge in [0, 0.05) is 18.3 Å². The van der Waals surface area contributed by atoms with Crippen molar-refractivity contribution >= 4 is 28.0 Å². The van der Waals surface area contributed by atoms with Gasteiger partial charge >= 0.3 is 18.1 Å². The van der Waals surface area contributed by atoms with Crippen LogP contribution in [0.2, 0.25) is 0 Å². The summed E-state index contributed by atoms with van der Waals surface area (Å²) in [6.45, 7) is 3.70. The Balaban J connectivity index is 1.64. The van der Waals surface area contributed by atoms with Gasteiger partial charge in [0.2, 0.25) is 5.91 Å². The summed E-state index contributed by atoms with van der Waals surface area (Å²) in [6, 6.07) is 13.6. The summed E-state index contributed by atoms with van der Waals surface area (Å²) in [5, 5.41) is 6.02. The van der Waals surface area contributed by atoms with Crippen LogP contribution in [0.15, 0.2) is 82.8 Å². The van der Waals surface area contributed by atoms with Crippen LogP contribution in [-0.2, 0) is 57.2 Å². The first kappa shape index (κ1) is 39.3. The Hall–Kier alpha value is -5.12. The molecule has 1 N–H and O–H groups in total. The smallest absolute Gasteiger partial charge is 0.416 e. The maximum atomic E-state index is 13.1. The number of esters is 2. The number of alkyl halides is 3. The molecular weight excluding hydrogens is 685 g/mol. The van der Waals surface area contributed by atoms with Crippen LogP contribution in [0.5, 0.6) is 5.75 Å². The molecule has 3 atom stereocenters. The van der Waals surface area contributed by atoms with E-state index in [0.29, 0.717) is 11.1 Å². The molecule has 0 aromatic heterocycles. The van der Waals surface area contributed by atoms with Gasteiger partial charge in [-0.1, -0.05) is 47.1 Å². The van der Waals surface area contributed by atoms with Crippen molar-refractivity contribution in [3.63, 3.8) is 0 Å². The highest BCUT2D eigenvalue weighted by molar-refractivity contribution is 7.86. The van der Waals surface area contributed by atoms with Crippen molar-refractivity contribution in [3.8, 4) is 5.75 Å². The normalized spacial score (nSPS) is 13.2. The van der Waals surface area contributed by atoms with E-state index in [1.807, 2.05) is 0 Å². The topological polar surface area (TPSA) is 183 Å². The summed E-state index contributed by atoms with van der Waals surface area (Å²) in [5.41, 5.74) is 9.93. The van der Waals surface area contributed by atoms with Gasteiger partial charge in [-0.15, -0.1) is 0 Å². The molecule has 0 radical (unpaired) electrons. The van der Waals surface area contributed by atoms with Gasteiger partial charge in [0.1, 0.15) is 31.0 Å². The van der Waals surface area contributed by atoms with E-state index in [2.05, 4.69) is 15.3 Å². The molecule has 0 aliphatic heterocycles. The SMILES string of the molecule is CCOC(=O)C(Cc1ccc(C(F)(F)F)cc1)NC(=O)[C@H](Cc1ccc(OCC(COS(=O)(=O)c2ccc(C)cc2)OC(C)=O)cc1)N=[N+]=[N-]. The van der Waals surface area contributed by atoms with E-state index in [4.69, 9.17) is 23.9 Å². The van der Waals surface area contributed by atoms with Gasteiger partial charge in [-0.05, 0) is 73.3 Å². The Morgan fingerprint density at radius 3 is 2.08 bits per heavy atom. The number of amides is 1. The maximum absolute atomic E-state index is 13.1. The highest BCUT2D eigenvalue weighted by atomic mass is 32.2. The first-order chi connectivity index (χ1) is 23.6. The van der Waals surface area contributed by atoms with Crippen molar-refractivity contribution in [2.75, 3.05) is 19.8 Å². The predicted molar refractivity (Wildman–Crippen MR) is 172 cm³/mol. The van der Waals surface area contributed by atoms with Crippen LogP contribution in [0.4, 0.5) is 13.2 Å². The molecule has 50 heavy (non-hydrogen) atoms. The molecular formula is C33H35F3N4O9S. The lowest BCUT2D eigenvalue weighted by molar-refractivity contribution is -0.149. The van der Waals surface area contributed by atoms with Gasteiger partial charge in [-0.25, -0.2) is 4.79 Å². The van der Waals surface area contributed by atoms with Crippen LogP contribution in [0.25, 0.3) is 10.4 Å². The molecule has 0 aliphatic carbocycles. The zero-order valence-corrected chi connectivity index (χ0v) is 28.1. The van der Waals surface area contributed by atoms with Crippen LogP contribution in [0.3, 0.4) is 0 Å². The Labute approximate surface area is 286 Å². The van der Waals surface area contributed by atoms with Crippen LogP contribution >= 0.6 is 0 Å². The molecule has 0 fully saturated rings. The van der Waals surface area contributed by atoms with E-state index in [9.17, 15) is 36.0 Å². The number of hydrogen-bond donors (Lipinski definition) is 1. The van der Waals surface area contributed by atoms with Crippen LogP contribution < -0.4 is 10.1 Å². The summed E-state index contributed by atoms with van der Waals surface area (Å²) >= 11 is 0. The van der Waals surface area contributed by atoms with E-state index in [1.165, 1.54) is 36.4 Å². The molecule has 0 spiro atoms. The Kier molecular flexibility index (Phi) is 14.2. The summed E-state index contributed by atoms with van der Waals surface area (Å²) < 4.78 is 84.9. The number of ether oxygens (including phenoxy) is 3. The average molecular weight is 721 g/mol. The first-order valence-electron chi connectivity index (χ1n) is 15.1. The Morgan fingerprint density at radius 1 is 0.920 bits per heavy atom. The molecule has 0 aliphatic rings. The third kappa shape index (κ3) is 12.4. The molecule has 3 rings (SSSR count). The lowest BCUT2D eigenvalue weighted by atomic mass is 10.0. The number of carbonyl (C=O) groups excluding carboxylic acids is 3. The summed E-state index contributed by atoms with van der Waals surface area (Å²) in [7, 11) is -4.13. The van der Waals surface area contributed by atoms with E-state index in [0.717, 1.165) is 24.6 Å². The minimum absolute atomic E-state index is 0.0202. The zero-order valence-electron chi connectivity index (χ0n) is 27.3. The summed E-state index contributed by atoms with van der Waals surface area (Å²) in [5.74, 6) is -2.04. The molecule has 0 saturated carbocycles. The fourth-order valence-corrected chi connectivity index (χ4v) is 5.38. The van der Waals surface area contributed by atoms with Crippen molar-refractivity contribution in [1.82, 2.24) is 5.32 Å². The number of azide groups is 1. The number of nitrogens with one attached hydrogen (secondary N) is 1. The van der Waals surface area contributed by atoms with Crippen molar-refractivity contribution in [3.05, 3.63) is 105 Å². The molecule has 0 bridgehead atoms. The zero-order chi connectivity index (χ0) is 36.9. The van der Waals surface area contributed by atoms with E-state index in [-0.39, 0.29) is 36.7 Å². The lowest BCUT2D eigenvalue weighted by Gasteiger charge is -2.20. The van der Waals surface area contributed by atoms with Crippen molar-refractivity contribution in [2.45, 2.75) is 62.9 Å². The largest absolute Gasteiger partial charge is 0.490 e. The predicted octanol–water partition coefficient (Wildman–Crippen LogP) is 5.24. The average Bonchev–Trinajstić information content (AvgIpc) is 3.06. The molecule has 17 heteroatoms. The quantitative estimate of drug-likeness (QED) is 0.0641. The second-order valence-corrected chi connectivity index (χ2v) is 12.5. The number of halogens is 3. The third-order valence-corrected chi connectivity index (χ3v) is 8.24. The first-order valence-corrected chi connectivity index (χ1v) is 16.5. The van der Waals surface area contributed by atoms with E-state index < -0.39 is 64.5 Å². The molecule has 268 valence electrons. The number of carbonyl (C=O) groups is 3. The number of hydrogen-bond acceptors (Lipinski definition) is 10. The summed E-state index contributed by atoms with van der Waals surface area (Å²) in [4.78, 5) is 40.0. The van der Waals surface area contributed by atoms with Crippen LogP contribution in [0, 0.1) is 6.92 Å². The van der Waals surface area contributed by atoms with Gasteiger partial charge in [0.05, 0.1) is 17.1 Å². The van der Waals surface area contributed by atoms with Gasteiger partial charge in [-0.2, -0.15) is 21.6 Å². The molecule has 0 heterocycles. The van der Waals surface area contributed by atoms with Gasteiger partial charge in [0.15, 0.2) is 6.10 Å². The number of rotatable bonds is 17. The monoisotopic (exact) mass is 720 g/mol. The minimum Gasteiger partial charge on any atom is -0.490 e.